The number of ether oxygens (including phenoxy) is 1. The van der Waals surface area contributed by atoms with Crippen molar-refractivity contribution in [2.45, 2.75) is 85.4 Å². The van der Waals surface area contributed by atoms with Crippen LogP contribution in [-0.2, 0) is 4.74 Å². The Balaban J connectivity index is 0.000000175. The summed E-state index contributed by atoms with van der Waals surface area (Å²) in [7, 11) is 1.78. The molecule has 0 aromatic heterocycles. The third-order valence-corrected chi connectivity index (χ3v) is 5.65. The molecule has 0 N–H and O–H groups in total. The number of likely N-dealkylation sites (tertiary alicyclic amines) is 2. The van der Waals surface area contributed by atoms with Crippen LogP contribution in [0.4, 0.5) is 0 Å². The van der Waals surface area contributed by atoms with E-state index >= 15 is 0 Å². The van der Waals surface area contributed by atoms with E-state index in [0.717, 1.165) is 31.0 Å². The molecule has 0 atom stereocenters. The Morgan fingerprint density at radius 2 is 1.30 bits per heavy atom. The SMILES string of the molecule is CC(C)C1CCC1.CC(C)N1CCC1.COC1CN(C(C)C)C1. The minimum absolute atomic E-state index is 0.507. The zero-order chi connectivity index (χ0) is 17.4. The highest BCUT2D eigenvalue weighted by atomic mass is 16.5. The van der Waals surface area contributed by atoms with E-state index in [1.54, 1.807) is 7.11 Å². The van der Waals surface area contributed by atoms with Crippen molar-refractivity contribution in [1.82, 2.24) is 9.80 Å². The molecule has 138 valence electrons. The van der Waals surface area contributed by atoms with Crippen LogP contribution >= 0.6 is 0 Å². The average Bonchev–Trinajstić information content (AvgIpc) is 2.21. The van der Waals surface area contributed by atoms with Crippen LogP contribution in [0.3, 0.4) is 0 Å². The van der Waals surface area contributed by atoms with Crippen molar-refractivity contribution >= 4 is 0 Å². The second-order valence-electron chi connectivity index (χ2n) is 8.32. The van der Waals surface area contributed by atoms with Crippen LogP contribution < -0.4 is 0 Å². The first kappa shape index (κ1) is 20.9. The Bertz CT molecular complexity index is 272. The summed E-state index contributed by atoms with van der Waals surface area (Å²) in [6.45, 7) is 18.5. The van der Waals surface area contributed by atoms with E-state index in [2.05, 4.69) is 51.3 Å². The summed E-state index contributed by atoms with van der Waals surface area (Å²) >= 11 is 0. The predicted octanol–water partition coefficient (Wildman–Crippen LogP) is 4.27. The molecule has 1 saturated carbocycles. The molecule has 1 aliphatic carbocycles. The number of rotatable bonds is 4. The van der Waals surface area contributed by atoms with Crippen LogP contribution in [0.25, 0.3) is 0 Å². The molecule has 2 heterocycles. The van der Waals surface area contributed by atoms with Crippen molar-refractivity contribution < 1.29 is 4.74 Å². The van der Waals surface area contributed by atoms with Gasteiger partial charge in [0.1, 0.15) is 0 Å². The van der Waals surface area contributed by atoms with Gasteiger partial charge in [-0.1, -0.05) is 33.1 Å². The number of methoxy groups -OCH3 is 1. The molecule has 0 aromatic carbocycles. The van der Waals surface area contributed by atoms with E-state index < -0.39 is 0 Å². The van der Waals surface area contributed by atoms with Gasteiger partial charge in [0.2, 0.25) is 0 Å². The van der Waals surface area contributed by atoms with E-state index in [1.165, 1.54) is 38.8 Å². The molecule has 3 rings (SSSR count). The van der Waals surface area contributed by atoms with Crippen LogP contribution in [0.5, 0.6) is 0 Å². The van der Waals surface area contributed by atoms with Gasteiger partial charge in [0.15, 0.2) is 0 Å². The summed E-state index contributed by atoms with van der Waals surface area (Å²) < 4.78 is 5.12. The maximum Gasteiger partial charge on any atom is 0.0825 e. The van der Waals surface area contributed by atoms with Crippen molar-refractivity contribution in [1.29, 1.82) is 0 Å². The molecular weight excluding hydrogens is 284 g/mol. The molecule has 2 saturated heterocycles. The third-order valence-electron chi connectivity index (χ3n) is 5.65. The summed E-state index contributed by atoms with van der Waals surface area (Å²) in [4.78, 5) is 4.87. The summed E-state index contributed by atoms with van der Waals surface area (Å²) in [5.41, 5.74) is 0. The third kappa shape index (κ3) is 7.53. The van der Waals surface area contributed by atoms with Gasteiger partial charge >= 0.3 is 0 Å². The molecule has 0 aromatic rings. The lowest BCUT2D eigenvalue weighted by Crippen LogP contribution is -2.54. The van der Waals surface area contributed by atoms with Crippen LogP contribution in [0.2, 0.25) is 0 Å². The molecule has 0 unspecified atom stereocenters. The van der Waals surface area contributed by atoms with Gasteiger partial charge in [-0.3, -0.25) is 4.90 Å². The molecule has 3 heteroatoms. The molecule has 0 radical (unpaired) electrons. The van der Waals surface area contributed by atoms with Gasteiger partial charge in [0, 0.05) is 32.3 Å². The summed E-state index contributed by atoms with van der Waals surface area (Å²) in [6, 6.07) is 1.48. The fraction of sp³-hybridized carbons (Fsp3) is 1.00. The lowest BCUT2D eigenvalue weighted by Gasteiger charge is -2.40. The summed E-state index contributed by atoms with van der Waals surface area (Å²) in [5, 5.41) is 0. The fourth-order valence-corrected chi connectivity index (χ4v) is 3.00. The zero-order valence-corrected chi connectivity index (χ0v) is 16.8. The van der Waals surface area contributed by atoms with Gasteiger partial charge in [0.25, 0.3) is 0 Å². The highest BCUT2D eigenvalue weighted by molar-refractivity contribution is 4.82. The lowest BCUT2D eigenvalue weighted by atomic mass is 9.78. The van der Waals surface area contributed by atoms with E-state index in [1.807, 2.05) is 0 Å². The molecule has 3 nitrogen and oxygen atoms in total. The predicted molar refractivity (Wildman–Crippen MR) is 101 cm³/mol. The fourth-order valence-electron chi connectivity index (χ4n) is 3.00. The zero-order valence-electron chi connectivity index (χ0n) is 16.8. The molecule has 0 bridgehead atoms. The van der Waals surface area contributed by atoms with E-state index in [4.69, 9.17) is 4.74 Å². The number of nitrogens with zero attached hydrogens (tertiary/aromatic N) is 2. The van der Waals surface area contributed by atoms with Crippen LogP contribution in [-0.4, -0.2) is 61.3 Å². The molecule has 3 aliphatic rings. The van der Waals surface area contributed by atoms with Crippen molar-refractivity contribution in [2.24, 2.45) is 11.8 Å². The van der Waals surface area contributed by atoms with Crippen molar-refractivity contribution in [2.75, 3.05) is 33.3 Å². The normalized spacial score (nSPS) is 22.7. The first-order valence-electron chi connectivity index (χ1n) is 9.86. The molecule has 3 fully saturated rings. The summed E-state index contributed by atoms with van der Waals surface area (Å²) in [6.07, 6.45) is 6.41. The Hall–Kier alpha value is -0.120. The summed E-state index contributed by atoms with van der Waals surface area (Å²) in [5.74, 6) is 2.04. The van der Waals surface area contributed by atoms with Gasteiger partial charge in [-0.2, -0.15) is 0 Å². The first-order valence-corrected chi connectivity index (χ1v) is 9.86. The topological polar surface area (TPSA) is 15.7 Å². The van der Waals surface area contributed by atoms with Gasteiger partial charge in [-0.05, 0) is 59.0 Å². The Kier molecular flexibility index (Phi) is 9.72. The first-order chi connectivity index (χ1) is 10.8. The Morgan fingerprint density at radius 3 is 1.43 bits per heavy atom. The quantitative estimate of drug-likeness (QED) is 0.767. The Morgan fingerprint density at radius 1 is 0.783 bits per heavy atom. The largest absolute Gasteiger partial charge is 0.379 e. The van der Waals surface area contributed by atoms with Gasteiger partial charge in [-0.15, -0.1) is 0 Å². The molecule has 2 aliphatic heterocycles. The lowest BCUT2D eigenvalue weighted by molar-refractivity contribution is -0.0437. The average molecular weight is 327 g/mol. The van der Waals surface area contributed by atoms with Crippen molar-refractivity contribution in [3.8, 4) is 0 Å². The van der Waals surface area contributed by atoms with Crippen LogP contribution in [0, 0.1) is 11.8 Å². The van der Waals surface area contributed by atoms with Gasteiger partial charge in [-0.25, -0.2) is 0 Å². The minimum Gasteiger partial charge on any atom is -0.379 e. The highest BCUT2D eigenvalue weighted by Crippen LogP contribution is 2.32. The minimum atomic E-state index is 0.507. The van der Waals surface area contributed by atoms with Crippen molar-refractivity contribution in [3.05, 3.63) is 0 Å². The molecule has 0 amide bonds. The maximum absolute atomic E-state index is 5.12. The number of hydrogen-bond acceptors (Lipinski definition) is 3. The van der Waals surface area contributed by atoms with E-state index in [-0.39, 0.29) is 0 Å². The number of hydrogen-bond donors (Lipinski definition) is 0. The monoisotopic (exact) mass is 326 g/mol. The molecular formula is C20H42N2O. The van der Waals surface area contributed by atoms with Crippen molar-refractivity contribution in [3.63, 3.8) is 0 Å². The second kappa shape index (κ2) is 10.7. The van der Waals surface area contributed by atoms with Crippen LogP contribution in [0.1, 0.15) is 67.2 Å². The second-order valence-corrected chi connectivity index (χ2v) is 8.32. The smallest absolute Gasteiger partial charge is 0.0825 e. The maximum atomic E-state index is 5.12. The van der Waals surface area contributed by atoms with Crippen LogP contribution in [0.15, 0.2) is 0 Å². The van der Waals surface area contributed by atoms with Gasteiger partial charge in [0.05, 0.1) is 6.10 Å². The molecule has 0 spiro atoms. The van der Waals surface area contributed by atoms with E-state index in [9.17, 15) is 0 Å². The Labute approximate surface area is 145 Å². The van der Waals surface area contributed by atoms with Gasteiger partial charge < -0.3 is 9.64 Å². The molecule has 23 heavy (non-hydrogen) atoms. The van der Waals surface area contributed by atoms with E-state index in [0.29, 0.717) is 12.1 Å². The highest BCUT2D eigenvalue weighted by Gasteiger charge is 2.27. The standard InChI is InChI=1S/C7H15NO.C7H14.C6H13N/c1-6(2)8-4-7(5-8)9-3;2*1-6(2)7-4-3-5-7/h6-7H,4-5H2,1-3H3;6-7H,3-5H2,1-2H3;6H,3-5H2,1-2H3.